The molecule has 4 heteroatoms. The Hall–Kier alpha value is -0.870. The van der Waals surface area contributed by atoms with Gasteiger partial charge in [0.15, 0.2) is 0 Å². The number of hydrogen-bond acceptors (Lipinski definition) is 3. The fraction of sp³-hybridized carbons (Fsp3) is 0.615. The number of hydrogen-bond donors (Lipinski definition) is 1. The highest BCUT2D eigenvalue weighted by Gasteiger charge is 2.28. The molecule has 1 saturated heterocycles. The van der Waals surface area contributed by atoms with Crippen LogP contribution in [0.4, 0.5) is 0 Å². The molecule has 1 aromatic heterocycles. The number of rotatable bonds is 1. The summed E-state index contributed by atoms with van der Waals surface area (Å²) in [5.74, 6) is 0.568. The van der Waals surface area contributed by atoms with E-state index in [1.54, 1.807) is 0 Å². The molecule has 1 amide bonds. The van der Waals surface area contributed by atoms with E-state index >= 15 is 0 Å². The number of carbonyl (C=O) groups is 1. The van der Waals surface area contributed by atoms with E-state index in [9.17, 15) is 4.79 Å². The fourth-order valence-corrected chi connectivity index (χ4v) is 3.65. The smallest absolute Gasteiger partial charge is 0.227 e. The van der Waals surface area contributed by atoms with Crippen LogP contribution < -0.4 is 5.32 Å². The van der Waals surface area contributed by atoms with Crippen molar-refractivity contribution in [3.63, 3.8) is 0 Å². The molecule has 0 spiro atoms. The predicted molar refractivity (Wildman–Crippen MR) is 69.0 cm³/mol. The zero-order valence-electron chi connectivity index (χ0n) is 9.95. The van der Waals surface area contributed by atoms with Gasteiger partial charge in [0, 0.05) is 24.5 Å². The van der Waals surface area contributed by atoms with Gasteiger partial charge in [-0.05, 0) is 42.8 Å². The Bertz CT molecular complexity index is 409. The van der Waals surface area contributed by atoms with Crippen molar-refractivity contribution in [2.75, 3.05) is 19.6 Å². The Morgan fingerprint density at radius 1 is 1.53 bits per heavy atom. The molecule has 0 radical (unpaired) electrons. The molecular weight excluding hydrogens is 232 g/mol. The van der Waals surface area contributed by atoms with Gasteiger partial charge in [0.2, 0.25) is 5.91 Å². The van der Waals surface area contributed by atoms with Crippen LogP contribution in [0.2, 0.25) is 0 Å². The lowest BCUT2D eigenvalue weighted by molar-refractivity contribution is -0.137. The summed E-state index contributed by atoms with van der Waals surface area (Å²) in [6.07, 6.45) is 3.23. The molecule has 3 heterocycles. The second kappa shape index (κ2) is 4.78. The molecule has 2 aliphatic heterocycles. The maximum Gasteiger partial charge on any atom is 0.227 e. The first-order valence-electron chi connectivity index (χ1n) is 6.39. The van der Waals surface area contributed by atoms with Crippen LogP contribution >= 0.6 is 11.3 Å². The fourth-order valence-electron chi connectivity index (χ4n) is 2.76. The SMILES string of the molecule is O=C(C1CCCNC1)N1CCc2sccc2C1. The van der Waals surface area contributed by atoms with E-state index in [-0.39, 0.29) is 5.92 Å². The lowest BCUT2D eigenvalue weighted by Crippen LogP contribution is -2.44. The quantitative estimate of drug-likeness (QED) is 0.821. The number of nitrogens with zero attached hydrogens (tertiary/aromatic N) is 1. The third kappa shape index (κ3) is 2.24. The number of amides is 1. The Kier molecular flexibility index (Phi) is 3.16. The molecule has 1 N–H and O–H groups in total. The zero-order valence-corrected chi connectivity index (χ0v) is 10.8. The predicted octanol–water partition coefficient (Wildman–Crippen LogP) is 1.63. The first-order valence-corrected chi connectivity index (χ1v) is 7.27. The molecule has 92 valence electrons. The van der Waals surface area contributed by atoms with Crippen molar-refractivity contribution >= 4 is 17.2 Å². The maximum atomic E-state index is 12.4. The van der Waals surface area contributed by atoms with Crippen LogP contribution in [0.3, 0.4) is 0 Å². The highest BCUT2D eigenvalue weighted by Crippen LogP contribution is 2.25. The normalized spacial score (nSPS) is 24.5. The van der Waals surface area contributed by atoms with Crippen LogP contribution in [-0.4, -0.2) is 30.4 Å². The summed E-state index contributed by atoms with van der Waals surface area (Å²) in [6, 6.07) is 2.17. The van der Waals surface area contributed by atoms with Crippen LogP contribution in [0.5, 0.6) is 0 Å². The van der Waals surface area contributed by atoms with Crippen LogP contribution in [0.1, 0.15) is 23.3 Å². The molecule has 1 aromatic rings. The number of piperidine rings is 1. The van der Waals surface area contributed by atoms with Crippen LogP contribution in [-0.2, 0) is 17.8 Å². The maximum absolute atomic E-state index is 12.4. The molecule has 1 fully saturated rings. The highest BCUT2D eigenvalue weighted by atomic mass is 32.1. The molecule has 0 aliphatic carbocycles. The Balaban J connectivity index is 1.67. The number of carbonyl (C=O) groups excluding carboxylic acids is 1. The van der Waals surface area contributed by atoms with Crippen molar-refractivity contribution in [1.29, 1.82) is 0 Å². The van der Waals surface area contributed by atoms with Gasteiger partial charge in [-0.3, -0.25) is 4.79 Å². The van der Waals surface area contributed by atoms with Gasteiger partial charge in [0.05, 0.1) is 5.92 Å². The molecule has 0 bridgehead atoms. The minimum atomic E-state index is 0.212. The van der Waals surface area contributed by atoms with E-state index in [1.165, 1.54) is 10.4 Å². The van der Waals surface area contributed by atoms with Gasteiger partial charge in [-0.1, -0.05) is 0 Å². The van der Waals surface area contributed by atoms with E-state index in [4.69, 9.17) is 0 Å². The summed E-state index contributed by atoms with van der Waals surface area (Å²) in [5.41, 5.74) is 1.36. The summed E-state index contributed by atoms with van der Waals surface area (Å²) in [7, 11) is 0. The lowest BCUT2D eigenvalue weighted by Gasteiger charge is -2.32. The van der Waals surface area contributed by atoms with Crippen molar-refractivity contribution in [1.82, 2.24) is 10.2 Å². The van der Waals surface area contributed by atoms with Crippen molar-refractivity contribution in [3.8, 4) is 0 Å². The molecular formula is C13H18N2OS. The molecule has 2 aliphatic rings. The second-order valence-corrected chi connectivity index (χ2v) is 5.92. The standard InChI is InChI=1S/C13H18N2OS/c16-13(10-2-1-5-14-8-10)15-6-3-12-11(9-15)4-7-17-12/h4,7,10,14H,1-3,5-6,8-9H2. The molecule has 1 atom stereocenters. The van der Waals surface area contributed by atoms with Crippen molar-refractivity contribution in [2.24, 2.45) is 5.92 Å². The molecule has 3 nitrogen and oxygen atoms in total. The van der Waals surface area contributed by atoms with Gasteiger partial charge in [0.25, 0.3) is 0 Å². The zero-order chi connectivity index (χ0) is 11.7. The molecule has 0 aromatic carbocycles. The number of thiophene rings is 1. The molecule has 3 rings (SSSR count). The first-order chi connectivity index (χ1) is 8.34. The first kappa shape index (κ1) is 11.2. The summed E-state index contributed by atoms with van der Waals surface area (Å²) >= 11 is 1.82. The summed E-state index contributed by atoms with van der Waals surface area (Å²) in [5, 5.41) is 5.46. The highest BCUT2D eigenvalue weighted by molar-refractivity contribution is 7.10. The largest absolute Gasteiger partial charge is 0.338 e. The van der Waals surface area contributed by atoms with Crippen LogP contribution in [0.25, 0.3) is 0 Å². The van der Waals surface area contributed by atoms with E-state index < -0.39 is 0 Å². The Morgan fingerprint density at radius 3 is 3.29 bits per heavy atom. The topological polar surface area (TPSA) is 32.3 Å². The van der Waals surface area contributed by atoms with Gasteiger partial charge < -0.3 is 10.2 Å². The van der Waals surface area contributed by atoms with Crippen molar-refractivity contribution in [3.05, 3.63) is 21.9 Å². The van der Waals surface area contributed by atoms with Gasteiger partial charge >= 0.3 is 0 Å². The lowest BCUT2D eigenvalue weighted by atomic mass is 9.97. The van der Waals surface area contributed by atoms with E-state index in [0.717, 1.165) is 45.4 Å². The van der Waals surface area contributed by atoms with E-state index in [2.05, 4.69) is 16.8 Å². The van der Waals surface area contributed by atoms with Crippen molar-refractivity contribution < 1.29 is 4.79 Å². The second-order valence-electron chi connectivity index (χ2n) is 4.92. The van der Waals surface area contributed by atoms with E-state index in [0.29, 0.717) is 5.91 Å². The molecule has 0 saturated carbocycles. The van der Waals surface area contributed by atoms with Gasteiger partial charge in [-0.2, -0.15) is 0 Å². The number of nitrogens with one attached hydrogen (secondary N) is 1. The van der Waals surface area contributed by atoms with Crippen LogP contribution in [0.15, 0.2) is 11.4 Å². The Labute approximate surface area is 106 Å². The minimum absolute atomic E-state index is 0.212. The summed E-state index contributed by atoms with van der Waals surface area (Å²) in [6.45, 7) is 3.67. The average molecular weight is 250 g/mol. The van der Waals surface area contributed by atoms with Gasteiger partial charge in [-0.25, -0.2) is 0 Å². The van der Waals surface area contributed by atoms with Gasteiger partial charge in [-0.15, -0.1) is 11.3 Å². The van der Waals surface area contributed by atoms with Crippen LogP contribution in [0, 0.1) is 5.92 Å². The molecule has 17 heavy (non-hydrogen) atoms. The third-order valence-corrected chi connectivity index (χ3v) is 4.79. The molecule has 1 unspecified atom stereocenters. The third-order valence-electron chi connectivity index (χ3n) is 3.77. The Morgan fingerprint density at radius 2 is 2.47 bits per heavy atom. The monoisotopic (exact) mass is 250 g/mol. The summed E-state index contributed by atoms with van der Waals surface area (Å²) < 4.78 is 0. The summed E-state index contributed by atoms with van der Waals surface area (Å²) in [4.78, 5) is 15.9. The van der Waals surface area contributed by atoms with Crippen molar-refractivity contribution in [2.45, 2.75) is 25.8 Å². The van der Waals surface area contributed by atoms with Gasteiger partial charge in [0.1, 0.15) is 0 Å². The van der Waals surface area contributed by atoms with E-state index in [1.807, 2.05) is 16.2 Å². The average Bonchev–Trinajstić information content (AvgIpc) is 2.86. The minimum Gasteiger partial charge on any atom is -0.338 e. The number of fused-ring (bicyclic) bond motifs is 1.